The predicted molar refractivity (Wildman–Crippen MR) is 69.1 cm³/mol. The van der Waals surface area contributed by atoms with Gasteiger partial charge < -0.3 is 15.0 Å². The summed E-state index contributed by atoms with van der Waals surface area (Å²) in [6.07, 6.45) is 2.94. The van der Waals surface area contributed by atoms with Crippen molar-refractivity contribution in [1.82, 2.24) is 10.2 Å². The van der Waals surface area contributed by atoms with Crippen molar-refractivity contribution in [2.45, 2.75) is 39.2 Å². The molecule has 0 bridgehead atoms. The van der Waals surface area contributed by atoms with E-state index in [4.69, 9.17) is 4.74 Å². The van der Waals surface area contributed by atoms with Crippen LogP contribution in [0.5, 0.6) is 0 Å². The minimum atomic E-state index is -0.311. The average molecular weight is 256 g/mol. The zero-order valence-corrected chi connectivity index (χ0v) is 11.6. The summed E-state index contributed by atoms with van der Waals surface area (Å²) in [4.78, 5) is 25.4. The molecule has 18 heavy (non-hydrogen) atoms. The Hall–Kier alpha value is -1.10. The zero-order valence-electron chi connectivity index (χ0n) is 11.6. The highest BCUT2D eigenvalue weighted by Crippen LogP contribution is 2.16. The van der Waals surface area contributed by atoms with E-state index in [0.29, 0.717) is 6.54 Å². The molecule has 1 atom stereocenters. The van der Waals surface area contributed by atoms with Crippen molar-refractivity contribution in [3.05, 3.63) is 0 Å². The van der Waals surface area contributed by atoms with E-state index in [1.165, 1.54) is 0 Å². The number of carbonyl (C=O) groups is 2. The Morgan fingerprint density at radius 1 is 1.33 bits per heavy atom. The number of methoxy groups -OCH3 is 1. The Morgan fingerprint density at radius 2 is 2.06 bits per heavy atom. The molecule has 1 unspecified atom stereocenters. The molecule has 0 aromatic carbocycles. The number of amides is 2. The van der Waals surface area contributed by atoms with Gasteiger partial charge in [-0.2, -0.15) is 0 Å². The van der Waals surface area contributed by atoms with Gasteiger partial charge in [-0.1, -0.05) is 13.8 Å². The number of hydrogen-bond acceptors (Lipinski definition) is 3. The molecular weight excluding hydrogens is 232 g/mol. The molecule has 1 aliphatic rings. The zero-order chi connectivity index (χ0) is 13.5. The van der Waals surface area contributed by atoms with Gasteiger partial charge in [-0.05, 0) is 25.2 Å². The Bertz CT molecular complexity index is 292. The fourth-order valence-corrected chi connectivity index (χ4v) is 2.30. The predicted octanol–water partition coefficient (Wildman–Crippen LogP) is 0.786. The minimum absolute atomic E-state index is 0.0264. The number of rotatable bonds is 7. The van der Waals surface area contributed by atoms with E-state index in [1.54, 1.807) is 12.0 Å². The van der Waals surface area contributed by atoms with Gasteiger partial charge in [0.1, 0.15) is 6.04 Å². The van der Waals surface area contributed by atoms with E-state index in [1.807, 2.05) is 13.8 Å². The molecule has 1 aliphatic heterocycles. The van der Waals surface area contributed by atoms with E-state index in [9.17, 15) is 9.59 Å². The van der Waals surface area contributed by atoms with Crippen molar-refractivity contribution in [3.8, 4) is 0 Å². The number of nitrogens with one attached hydrogen (secondary N) is 1. The van der Waals surface area contributed by atoms with Crippen molar-refractivity contribution in [2.75, 3.05) is 26.8 Å². The van der Waals surface area contributed by atoms with Gasteiger partial charge in [0.05, 0.1) is 6.54 Å². The monoisotopic (exact) mass is 256 g/mol. The second-order valence-electron chi connectivity index (χ2n) is 5.05. The van der Waals surface area contributed by atoms with Crippen LogP contribution in [0.3, 0.4) is 0 Å². The van der Waals surface area contributed by atoms with Crippen molar-refractivity contribution >= 4 is 11.8 Å². The number of carbonyl (C=O) groups excluding carboxylic acids is 2. The maximum absolute atomic E-state index is 11.9. The third-order valence-electron chi connectivity index (χ3n) is 3.22. The first kappa shape index (κ1) is 15.0. The summed E-state index contributed by atoms with van der Waals surface area (Å²) in [5.74, 6) is 0.148. The van der Waals surface area contributed by atoms with Crippen LogP contribution in [0.4, 0.5) is 0 Å². The van der Waals surface area contributed by atoms with Crippen LogP contribution in [-0.2, 0) is 14.3 Å². The Morgan fingerprint density at radius 3 is 2.67 bits per heavy atom. The molecule has 0 radical (unpaired) electrons. The number of ether oxygens (including phenoxy) is 1. The summed E-state index contributed by atoms with van der Waals surface area (Å²) in [6, 6.07) is -0.311. The largest absolute Gasteiger partial charge is 0.385 e. The Kier molecular flexibility index (Phi) is 6.12. The van der Waals surface area contributed by atoms with Crippen LogP contribution < -0.4 is 5.32 Å². The van der Waals surface area contributed by atoms with Gasteiger partial charge in [0.25, 0.3) is 0 Å². The van der Waals surface area contributed by atoms with Crippen LogP contribution in [0.2, 0.25) is 0 Å². The number of hydrogen-bond donors (Lipinski definition) is 1. The molecule has 1 heterocycles. The Balaban J connectivity index is 2.47. The molecule has 1 rings (SSSR count). The van der Waals surface area contributed by atoms with Crippen LogP contribution in [0.1, 0.15) is 33.1 Å². The molecule has 2 amide bonds. The van der Waals surface area contributed by atoms with E-state index in [2.05, 4.69) is 5.32 Å². The molecule has 0 aromatic heterocycles. The first-order valence-corrected chi connectivity index (χ1v) is 6.64. The molecule has 5 nitrogen and oxygen atoms in total. The van der Waals surface area contributed by atoms with Gasteiger partial charge >= 0.3 is 0 Å². The highest BCUT2D eigenvalue weighted by Gasteiger charge is 2.35. The molecule has 5 heteroatoms. The van der Waals surface area contributed by atoms with Crippen LogP contribution in [0.25, 0.3) is 0 Å². The second kappa shape index (κ2) is 7.36. The van der Waals surface area contributed by atoms with E-state index < -0.39 is 0 Å². The minimum Gasteiger partial charge on any atom is -0.385 e. The summed E-state index contributed by atoms with van der Waals surface area (Å²) in [5.41, 5.74) is 0. The summed E-state index contributed by atoms with van der Waals surface area (Å²) < 4.78 is 4.99. The maximum Gasteiger partial charge on any atom is 0.243 e. The van der Waals surface area contributed by atoms with Crippen molar-refractivity contribution < 1.29 is 14.3 Å². The van der Waals surface area contributed by atoms with Crippen LogP contribution in [0.15, 0.2) is 0 Å². The van der Waals surface area contributed by atoms with E-state index >= 15 is 0 Å². The summed E-state index contributed by atoms with van der Waals surface area (Å²) in [7, 11) is 1.69. The first-order chi connectivity index (χ1) is 8.57. The summed E-state index contributed by atoms with van der Waals surface area (Å²) >= 11 is 0. The SMILES string of the molecule is COCCCCCN1C(=O)CNC(=O)C1C(C)C. The molecule has 1 N–H and O–H groups in total. The average Bonchev–Trinajstić information content (AvgIpc) is 2.32. The van der Waals surface area contributed by atoms with Gasteiger partial charge in [-0.25, -0.2) is 0 Å². The second-order valence-corrected chi connectivity index (χ2v) is 5.05. The van der Waals surface area contributed by atoms with Gasteiger partial charge in [0.2, 0.25) is 11.8 Å². The molecule has 0 spiro atoms. The number of unbranched alkanes of at least 4 members (excludes halogenated alkanes) is 2. The molecule has 1 saturated heterocycles. The van der Waals surface area contributed by atoms with Gasteiger partial charge in [0.15, 0.2) is 0 Å². The van der Waals surface area contributed by atoms with Gasteiger partial charge in [-0.3, -0.25) is 9.59 Å². The summed E-state index contributed by atoms with van der Waals surface area (Å²) in [6.45, 7) is 5.50. The highest BCUT2D eigenvalue weighted by atomic mass is 16.5. The van der Waals surface area contributed by atoms with E-state index in [0.717, 1.165) is 25.9 Å². The molecule has 0 aliphatic carbocycles. The van der Waals surface area contributed by atoms with Gasteiger partial charge in [-0.15, -0.1) is 0 Å². The summed E-state index contributed by atoms with van der Waals surface area (Å²) in [5, 5.41) is 2.65. The lowest BCUT2D eigenvalue weighted by Crippen LogP contribution is -2.60. The van der Waals surface area contributed by atoms with Crippen molar-refractivity contribution in [3.63, 3.8) is 0 Å². The van der Waals surface area contributed by atoms with Crippen molar-refractivity contribution in [1.29, 1.82) is 0 Å². The quantitative estimate of drug-likeness (QED) is 0.685. The van der Waals surface area contributed by atoms with Gasteiger partial charge in [0, 0.05) is 20.3 Å². The third kappa shape index (κ3) is 3.98. The smallest absolute Gasteiger partial charge is 0.243 e. The fraction of sp³-hybridized carbons (Fsp3) is 0.846. The highest BCUT2D eigenvalue weighted by molar-refractivity contribution is 5.94. The molecule has 0 saturated carbocycles. The Labute approximate surface area is 109 Å². The number of nitrogens with zero attached hydrogens (tertiary/aromatic N) is 1. The normalized spacial score (nSPS) is 20.4. The lowest BCUT2D eigenvalue weighted by molar-refractivity contribution is -0.147. The maximum atomic E-state index is 11.9. The molecule has 104 valence electrons. The molecule has 0 aromatic rings. The molecular formula is C13H24N2O3. The fourth-order valence-electron chi connectivity index (χ4n) is 2.30. The van der Waals surface area contributed by atoms with E-state index in [-0.39, 0.29) is 30.3 Å². The topological polar surface area (TPSA) is 58.6 Å². The lowest BCUT2D eigenvalue weighted by atomic mass is 9.99. The number of piperazine rings is 1. The van der Waals surface area contributed by atoms with Crippen LogP contribution in [-0.4, -0.2) is 49.6 Å². The lowest BCUT2D eigenvalue weighted by Gasteiger charge is -2.37. The molecule has 1 fully saturated rings. The van der Waals surface area contributed by atoms with Crippen molar-refractivity contribution in [2.24, 2.45) is 5.92 Å². The third-order valence-corrected chi connectivity index (χ3v) is 3.22. The van der Waals surface area contributed by atoms with Crippen LogP contribution >= 0.6 is 0 Å². The standard InChI is InChI=1S/C13H24N2O3/c1-10(2)12-13(17)14-9-11(16)15(12)7-5-4-6-8-18-3/h10,12H,4-9H2,1-3H3,(H,14,17). The first-order valence-electron chi connectivity index (χ1n) is 6.64. The van der Waals surface area contributed by atoms with Crippen LogP contribution in [0, 0.1) is 5.92 Å².